The van der Waals surface area contributed by atoms with Crippen molar-refractivity contribution in [2.75, 3.05) is 13.7 Å². The van der Waals surface area contributed by atoms with Crippen molar-refractivity contribution >= 4 is 0 Å². The molecule has 0 atom stereocenters. The maximum atomic E-state index is 9.15. The second-order valence-corrected chi connectivity index (χ2v) is 5.44. The third-order valence-electron chi connectivity index (χ3n) is 3.79. The Bertz CT molecular complexity index is 836. The highest BCUT2D eigenvalue weighted by Crippen LogP contribution is 2.27. The summed E-state index contributed by atoms with van der Waals surface area (Å²) >= 11 is 0. The van der Waals surface area contributed by atoms with Crippen molar-refractivity contribution in [2.45, 2.75) is 13.0 Å². The van der Waals surface area contributed by atoms with E-state index in [4.69, 9.17) is 14.6 Å². The summed E-state index contributed by atoms with van der Waals surface area (Å²) in [7, 11) is 1.63. The number of aliphatic hydroxyl groups excluding tert-OH is 1. The number of aliphatic hydroxyl groups is 1. The molecule has 128 valence electrons. The van der Waals surface area contributed by atoms with E-state index < -0.39 is 0 Å². The van der Waals surface area contributed by atoms with E-state index in [9.17, 15) is 0 Å². The summed E-state index contributed by atoms with van der Waals surface area (Å²) in [4.78, 5) is 8.92. The third kappa shape index (κ3) is 4.14. The number of methoxy groups -OCH3 is 1. The smallest absolute Gasteiger partial charge is 0.163 e. The van der Waals surface area contributed by atoms with E-state index in [1.807, 2.05) is 54.6 Å². The normalized spacial score (nSPS) is 10.5. The molecule has 5 nitrogen and oxygen atoms in total. The standard InChI is InChI=1S/C20H20N2O3/c1-24-19-9-5-3-7-17(19)20-21-12-10-16(22-20)14-25-18-8-4-2-6-15(18)11-13-23/h2-10,12,23H,11,13-14H2,1H3. The number of aromatic nitrogens is 2. The maximum Gasteiger partial charge on any atom is 0.163 e. The minimum Gasteiger partial charge on any atom is -0.496 e. The zero-order valence-electron chi connectivity index (χ0n) is 14.1. The Labute approximate surface area is 146 Å². The number of nitrogens with zero attached hydrogens (tertiary/aromatic N) is 2. The lowest BCUT2D eigenvalue weighted by atomic mass is 10.1. The lowest BCUT2D eigenvalue weighted by Crippen LogP contribution is -2.03. The average molecular weight is 336 g/mol. The predicted molar refractivity (Wildman–Crippen MR) is 95.6 cm³/mol. The summed E-state index contributed by atoms with van der Waals surface area (Å²) in [5.74, 6) is 2.09. The van der Waals surface area contributed by atoms with E-state index in [1.165, 1.54) is 0 Å². The first kappa shape index (κ1) is 16.9. The van der Waals surface area contributed by atoms with Crippen LogP contribution in [0.5, 0.6) is 11.5 Å². The van der Waals surface area contributed by atoms with Crippen molar-refractivity contribution in [1.29, 1.82) is 0 Å². The largest absolute Gasteiger partial charge is 0.496 e. The topological polar surface area (TPSA) is 64.5 Å². The first-order valence-electron chi connectivity index (χ1n) is 8.08. The molecule has 3 rings (SSSR count). The van der Waals surface area contributed by atoms with Gasteiger partial charge in [-0.2, -0.15) is 0 Å². The van der Waals surface area contributed by atoms with E-state index >= 15 is 0 Å². The molecule has 0 saturated heterocycles. The van der Waals surface area contributed by atoms with Crippen LogP contribution >= 0.6 is 0 Å². The van der Waals surface area contributed by atoms with Gasteiger partial charge in [-0.15, -0.1) is 0 Å². The second kappa shape index (κ2) is 8.26. The van der Waals surface area contributed by atoms with E-state index in [1.54, 1.807) is 13.3 Å². The SMILES string of the molecule is COc1ccccc1-c1nccc(COc2ccccc2CCO)n1. The molecule has 1 N–H and O–H groups in total. The molecule has 1 heterocycles. The van der Waals surface area contributed by atoms with Crippen molar-refractivity contribution in [3.63, 3.8) is 0 Å². The summed E-state index contributed by atoms with van der Waals surface area (Å²) in [5.41, 5.74) is 2.59. The minimum absolute atomic E-state index is 0.0891. The lowest BCUT2D eigenvalue weighted by Gasteiger charge is -2.11. The van der Waals surface area contributed by atoms with Crippen molar-refractivity contribution < 1.29 is 14.6 Å². The van der Waals surface area contributed by atoms with Crippen LogP contribution in [0.3, 0.4) is 0 Å². The summed E-state index contributed by atoms with van der Waals surface area (Å²) in [5, 5.41) is 9.15. The molecule has 25 heavy (non-hydrogen) atoms. The van der Waals surface area contributed by atoms with Gasteiger partial charge in [0, 0.05) is 12.8 Å². The zero-order valence-corrected chi connectivity index (χ0v) is 14.1. The number of rotatable bonds is 7. The Morgan fingerprint density at radius 3 is 2.52 bits per heavy atom. The van der Waals surface area contributed by atoms with Crippen molar-refractivity contribution in [3.8, 4) is 22.9 Å². The molecule has 0 unspecified atom stereocenters. The molecule has 0 aliphatic rings. The molecule has 2 aromatic carbocycles. The Kier molecular flexibility index (Phi) is 5.59. The number of hydrogen-bond donors (Lipinski definition) is 1. The molecule has 5 heteroatoms. The molecule has 0 spiro atoms. The van der Waals surface area contributed by atoms with E-state index in [2.05, 4.69) is 9.97 Å². The Morgan fingerprint density at radius 1 is 0.960 bits per heavy atom. The Morgan fingerprint density at radius 2 is 1.72 bits per heavy atom. The van der Waals surface area contributed by atoms with Crippen LogP contribution in [0.15, 0.2) is 60.8 Å². The van der Waals surface area contributed by atoms with Gasteiger partial charge in [0.25, 0.3) is 0 Å². The van der Waals surface area contributed by atoms with Gasteiger partial charge in [0.15, 0.2) is 5.82 Å². The highest BCUT2D eigenvalue weighted by molar-refractivity contribution is 5.63. The van der Waals surface area contributed by atoms with Crippen LogP contribution in [-0.4, -0.2) is 28.8 Å². The van der Waals surface area contributed by atoms with Gasteiger partial charge in [0.1, 0.15) is 18.1 Å². The van der Waals surface area contributed by atoms with Gasteiger partial charge in [-0.25, -0.2) is 9.97 Å². The number of hydrogen-bond acceptors (Lipinski definition) is 5. The number of ether oxygens (including phenoxy) is 2. The Balaban J connectivity index is 1.79. The van der Waals surface area contributed by atoms with Gasteiger partial charge < -0.3 is 14.6 Å². The van der Waals surface area contributed by atoms with Crippen LogP contribution in [0.25, 0.3) is 11.4 Å². The van der Waals surface area contributed by atoms with Crippen molar-refractivity contribution in [2.24, 2.45) is 0 Å². The molecule has 3 aromatic rings. The molecule has 0 amide bonds. The first-order valence-corrected chi connectivity index (χ1v) is 8.08. The fraction of sp³-hybridized carbons (Fsp3) is 0.200. The summed E-state index contributed by atoms with van der Waals surface area (Å²) in [6.45, 7) is 0.416. The molecule has 0 saturated carbocycles. The van der Waals surface area contributed by atoms with Gasteiger partial charge in [-0.1, -0.05) is 30.3 Å². The van der Waals surface area contributed by atoms with Crippen LogP contribution in [0, 0.1) is 0 Å². The monoisotopic (exact) mass is 336 g/mol. The van der Waals surface area contributed by atoms with Crippen LogP contribution < -0.4 is 9.47 Å². The van der Waals surface area contributed by atoms with Crippen LogP contribution in [0.1, 0.15) is 11.3 Å². The summed E-state index contributed by atoms with van der Waals surface area (Å²) < 4.78 is 11.3. The van der Waals surface area contributed by atoms with Crippen molar-refractivity contribution in [3.05, 3.63) is 72.1 Å². The highest BCUT2D eigenvalue weighted by atomic mass is 16.5. The molecule has 0 fully saturated rings. The summed E-state index contributed by atoms with van der Waals surface area (Å²) in [6.07, 6.45) is 2.28. The molecule has 0 radical (unpaired) electrons. The number of benzene rings is 2. The molecular formula is C20H20N2O3. The van der Waals surface area contributed by atoms with Crippen molar-refractivity contribution in [1.82, 2.24) is 9.97 Å². The molecule has 0 aliphatic heterocycles. The zero-order chi connectivity index (χ0) is 17.5. The molecular weight excluding hydrogens is 316 g/mol. The van der Waals surface area contributed by atoms with Crippen LogP contribution in [0.4, 0.5) is 0 Å². The van der Waals surface area contributed by atoms with Crippen LogP contribution in [-0.2, 0) is 13.0 Å². The fourth-order valence-electron chi connectivity index (χ4n) is 2.56. The van der Waals surface area contributed by atoms with E-state index in [0.717, 1.165) is 28.3 Å². The molecule has 0 bridgehead atoms. The van der Waals surface area contributed by atoms with Gasteiger partial charge in [-0.3, -0.25) is 0 Å². The van der Waals surface area contributed by atoms with E-state index in [0.29, 0.717) is 18.9 Å². The highest BCUT2D eigenvalue weighted by Gasteiger charge is 2.09. The van der Waals surface area contributed by atoms with E-state index in [-0.39, 0.29) is 6.61 Å². The van der Waals surface area contributed by atoms with Gasteiger partial charge in [0.05, 0.1) is 18.4 Å². The lowest BCUT2D eigenvalue weighted by molar-refractivity contribution is 0.282. The first-order chi connectivity index (χ1) is 12.3. The molecule has 0 aliphatic carbocycles. The second-order valence-electron chi connectivity index (χ2n) is 5.44. The molecule has 1 aromatic heterocycles. The number of para-hydroxylation sites is 2. The van der Waals surface area contributed by atoms with Gasteiger partial charge in [0.2, 0.25) is 0 Å². The van der Waals surface area contributed by atoms with Crippen LogP contribution in [0.2, 0.25) is 0 Å². The average Bonchev–Trinajstić information content (AvgIpc) is 2.68. The van der Waals surface area contributed by atoms with Gasteiger partial charge >= 0.3 is 0 Å². The Hall–Kier alpha value is -2.92. The van der Waals surface area contributed by atoms with Gasteiger partial charge in [-0.05, 0) is 36.2 Å². The maximum absolute atomic E-state index is 9.15. The predicted octanol–water partition coefficient (Wildman–Crippen LogP) is 3.27. The fourth-order valence-corrected chi connectivity index (χ4v) is 2.56. The summed E-state index contributed by atoms with van der Waals surface area (Å²) in [6, 6.07) is 17.2. The third-order valence-corrected chi connectivity index (χ3v) is 3.79. The quantitative estimate of drug-likeness (QED) is 0.717. The minimum atomic E-state index is 0.0891.